The molecule has 0 saturated heterocycles. The van der Waals surface area contributed by atoms with Crippen LogP contribution in [0.15, 0.2) is 34.7 Å². The molecule has 0 aliphatic carbocycles. The lowest BCUT2D eigenvalue weighted by atomic mass is 9.85. The van der Waals surface area contributed by atoms with Crippen LogP contribution in [0.5, 0.6) is 11.5 Å². The first-order valence-electron chi connectivity index (χ1n) is 6.22. The van der Waals surface area contributed by atoms with Crippen molar-refractivity contribution in [3.63, 3.8) is 0 Å². The summed E-state index contributed by atoms with van der Waals surface area (Å²) in [6.07, 6.45) is 0. The molecule has 0 amide bonds. The molecule has 0 unspecified atom stereocenters. The van der Waals surface area contributed by atoms with Gasteiger partial charge >= 0.3 is 0 Å². The van der Waals surface area contributed by atoms with Gasteiger partial charge in [0, 0.05) is 16.3 Å². The fourth-order valence-electron chi connectivity index (χ4n) is 2.37. The number of para-hydroxylation sites is 1. The molecule has 3 rings (SSSR count). The highest BCUT2D eigenvalue weighted by Crippen LogP contribution is 2.44. The van der Waals surface area contributed by atoms with Crippen LogP contribution in [0.2, 0.25) is 0 Å². The van der Waals surface area contributed by atoms with Crippen molar-refractivity contribution in [3.05, 3.63) is 35.9 Å². The number of hydrogen-bond acceptors (Lipinski definition) is 2. The molecule has 0 aliphatic rings. The molecule has 0 saturated carbocycles. The van der Waals surface area contributed by atoms with E-state index < -0.39 is 11.5 Å². The Bertz CT molecular complexity index is 776. The van der Waals surface area contributed by atoms with Crippen LogP contribution in [0.4, 0.5) is 0 Å². The molecular formula is C16H14O3-. The summed E-state index contributed by atoms with van der Waals surface area (Å²) in [6.45, 7) is 5.78. The quantitative estimate of drug-likeness (QED) is 0.606. The summed E-state index contributed by atoms with van der Waals surface area (Å²) < 4.78 is 5.52. The average Bonchev–Trinajstić information content (AvgIpc) is 2.71. The van der Waals surface area contributed by atoms with Crippen LogP contribution >= 0.6 is 0 Å². The minimum Gasteiger partial charge on any atom is -0.867 e. The van der Waals surface area contributed by atoms with Crippen molar-refractivity contribution >= 4 is 21.9 Å². The van der Waals surface area contributed by atoms with E-state index in [-0.39, 0.29) is 11.0 Å². The van der Waals surface area contributed by atoms with E-state index in [0.717, 1.165) is 10.8 Å². The molecule has 3 aromatic rings. The van der Waals surface area contributed by atoms with E-state index in [1.165, 1.54) is 0 Å². The van der Waals surface area contributed by atoms with Gasteiger partial charge in [0.15, 0.2) is 5.75 Å². The van der Waals surface area contributed by atoms with Crippen molar-refractivity contribution in [2.45, 2.75) is 26.2 Å². The number of rotatable bonds is 0. The highest BCUT2D eigenvalue weighted by Gasteiger charge is 2.22. The fourth-order valence-corrected chi connectivity index (χ4v) is 2.37. The van der Waals surface area contributed by atoms with Crippen molar-refractivity contribution < 1.29 is 14.6 Å². The van der Waals surface area contributed by atoms with Gasteiger partial charge in [0.2, 0.25) is 0 Å². The van der Waals surface area contributed by atoms with Crippen molar-refractivity contribution in [3.8, 4) is 11.5 Å². The molecule has 0 aliphatic heterocycles. The van der Waals surface area contributed by atoms with Crippen LogP contribution in [0.25, 0.3) is 21.9 Å². The first-order chi connectivity index (χ1) is 8.89. The molecule has 0 atom stereocenters. The molecular weight excluding hydrogens is 240 g/mol. The second-order valence-electron chi connectivity index (χ2n) is 5.81. The highest BCUT2D eigenvalue weighted by atomic mass is 16.4. The maximum absolute atomic E-state index is 12.2. The summed E-state index contributed by atoms with van der Waals surface area (Å²) in [5.74, 6) is -1.00. The Morgan fingerprint density at radius 1 is 1.11 bits per heavy atom. The predicted octanol–water partition coefficient (Wildman–Crippen LogP) is 4.10. The zero-order chi connectivity index (χ0) is 13.8. The number of furan rings is 1. The van der Waals surface area contributed by atoms with E-state index in [0.29, 0.717) is 11.1 Å². The molecule has 0 spiro atoms. The topological polar surface area (TPSA) is 56.1 Å². The zero-order valence-electron chi connectivity index (χ0n) is 11.1. The van der Waals surface area contributed by atoms with Gasteiger partial charge in [0.05, 0.1) is 0 Å². The maximum Gasteiger partial charge on any atom is 0.178 e. The Hall–Kier alpha value is -2.16. The fraction of sp³-hybridized carbons (Fsp3) is 0.250. The Kier molecular flexibility index (Phi) is 2.30. The van der Waals surface area contributed by atoms with Gasteiger partial charge in [0.1, 0.15) is 11.2 Å². The molecule has 2 aromatic carbocycles. The van der Waals surface area contributed by atoms with Gasteiger partial charge in [-0.15, -0.1) is 0 Å². The number of hydrogen-bond donors (Lipinski definition) is 0. The summed E-state index contributed by atoms with van der Waals surface area (Å²) >= 11 is 0. The Labute approximate surface area is 111 Å². The smallest absolute Gasteiger partial charge is 0.178 e. The van der Waals surface area contributed by atoms with Crippen LogP contribution in [0, 0.1) is 0 Å². The third-order valence-electron chi connectivity index (χ3n) is 3.39. The first-order valence-corrected chi connectivity index (χ1v) is 6.22. The van der Waals surface area contributed by atoms with Crippen LogP contribution < -0.4 is 5.11 Å². The molecule has 3 nitrogen and oxygen atoms in total. The van der Waals surface area contributed by atoms with E-state index >= 15 is 0 Å². The summed E-state index contributed by atoms with van der Waals surface area (Å²) in [4.78, 5) is 0. The average molecular weight is 254 g/mol. The SMILES string of the molecule is CC(C)(C)c1cc2c(oc3ccccc32)c([O-])c1[O]. The summed E-state index contributed by atoms with van der Waals surface area (Å²) in [6, 6.07) is 9.24. The van der Waals surface area contributed by atoms with E-state index in [1.54, 1.807) is 12.1 Å². The monoisotopic (exact) mass is 254 g/mol. The molecule has 1 heterocycles. The molecule has 1 radical (unpaired) electrons. The largest absolute Gasteiger partial charge is 0.867 e. The summed E-state index contributed by atoms with van der Waals surface area (Å²) in [5, 5.41) is 25.9. The third-order valence-corrected chi connectivity index (χ3v) is 3.39. The van der Waals surface area contributed by atoms with Gasteiger partial charge < -0.3 is 9.52 Å². The Balaban J connectivity index is 2.50. The van der Waals surface area contributed by atoms with Crippen LogP contribution in [0.1, 0.15) is 26.3 Å². The molecule has 3 heteroatoms. The maximum atomic E-state index is 12.2. The van der Waals surface area contributed by atoms with E-state index in [1.807, 2.05) is 39.0 Å². The molecule has 97 valence electrons. The van der Waals surface area contributed by atoms with Gasteiger partial charge in [-0.3, -0.25) is 5.11 Å². The standard InChI is InChI=1S/C16H15O3/c1-16(2,3)11-8-10-9-6-4-5-7-12(9)19-15(10)14(18)13(11)17/h4-8,18H,1-3H3/p-1. The molecule has 0 N–H and O–H groups in total. The predicted molar refractivity (Wildman–Crippen MR) is 72.0 cm³/mol. The van der Waals surface area contributed by atoms with Gasteiger partial charge in [-0.25, -0.2) is 0 Å². The van der Waals surface area contributed by atoms with Crippen molar-refractivity contribution in [2.75, 3.05) is 0 Å². The van der Waals surface area contributed by atoms with Crippen molar-refractivity contribution in [2.24, 2.45) is 0 Å². The van der Waals surface area contributed by atoms with Crippen LogP contribution in [-0.4, -0.2) is 0 Å². The minimum absolute atomic E-state index is 0.166. The number of fused-ring (bicyclic) bond motifs is 3. The number of benzene rings is 2. The highest BCUT2D eigenvalue weighted by molar-refractivity contribution is 6.07. The Morgan fingerprint density at radius 2 is 1.79 bits per heavy atom. The van der Waals surface area contributed by atoms with Crippen molar-refractivity contribution in [1.29, 1.82) is 0 Å². The van der Waals surface area contributed by atoms with Crippen LogP contribution in [-0.2, 0) is 10.5 Å². The normalized spacial score (nSPS) is 12.4. The van der Waals surface area contributed by atoms with E-state index in [9.17, 15) is 10.2 Å². The van der Waals surface area contributed by atoms with Crippen LogP contribution in [0.3, 0.4) is 0 Å². The van der Waals surface area contributed by atoms with Crippen molar-refractivity contribution in [1.82, 2.24) is 0 Å². The summed E-state index contributed by atoms with van der Waals surface area (Å²) in [7, 11) is 0. The minimum atomic E-state index is -0.543. The molecule has 0 fully saturated rings. The second-order valence-corrected chi connectivity index (χ2v) is 5.81. The third kappa shape index (κ3) is 1.65. The van der Waals surface area contributed by atoms with E-state index in [4.69, 9.17) is 4.42 Å². The molecule has 19 heavy (non-hydrogen) atoms. The summed E-state index contributed by atoms with van der Waals surface area (Å²) in [5.41, 5.74) is 0.985. The first kappa shape index (κ1) is 11.9. The Morgan fingerprint density at radius 3 is 2.47 bits per heavy atom. The van der Waals surface area contributed by atoms with Gasteiger partial charge in [-0.2, -0.15) is 0 Å². The molecule has 1 aromatic heterocycles. The van der Waals surface area contributed by atoms with Gasteiger partial charge in [-0.05, 0) is 23.3 Å². The molecule has 0 bridgehead atoms. The van der Waals surface area contributed by atoms with Gasteiger partial charge in [-0.1, -0.05) is 39.0 Å². The lowest BCUT2D eigenvalue weighted by molar-refractivity contribution is -0.269. The lowest BCUT2D eigenvalue weighted by Gasteiger charge is -2.22. The van der Waals surface area contributed by atoms with Gasteiger partial charge in [0.25, 0.3) is 0 Å². The lowest BCUT2D eigenvalue weighted by Crippen LogP contribution is -2.12. The van der Waals surface area contributed by atoms with E-state index in [2.05, 4.69) is 0 Å². The second kappa shape index (κ2) is 3.67. The zero-order valence-corrected chi connectivity index (χ0v) is 11.1.